The number of halogens is 2. The van der Waals surface area contributed by atoms with Crippen molar-refractivity contribution in [3.05, 3.63) is 71.3 Å². The molecule has 7 heteroatoms. The molecule has 0 atom stereocenters. The van der Waals surface area contributed by atoms with Crippen molar-refractivity contribution >= 4 is 17.8 Å². The number of benzene rings is 2. The SMILES string of the molecule is CON=C(C(=O)OC)c1cccc(COc2ccccc2C=C(F)F)c1. The van der Waals surface area contributed by atoms with E-state index in [0.717, 1.165) is 11.6 Å². The summed E-state index contributed by atoms with van der Waals surface area (Å²) in [5.74, 6) is -0.316. The lowest BCUT2D eigenvalue weighted by molar-refractivity contribution is -0.132. The van der Waals surface area contributed by atoms with Crippen LogP contribution in [0.15, 0.2) is 59.8 Å². The van der Waals surface area contributed by atoms with E-state index in [1.54, 1.807) is 42.5 Å². The number of esters is 1. The molecule has 0 N–H and O–H groups in total. The number of oxime groups is 1. The van der Waals surface area contributed by atoms with Crippen LogP contribution in [0.5, 0.6) is 5.75 Å². The number of hydrogen-bond acceptors (Lipinski definition) is 5. The quantitative estimate of drug-likeness (QED) is 0.424. The number of methoxy groups -OCH3 is 1. The molecule has 0 aliphatic rings. The van der Waals surface area contributed by atoms with Crippen LogP contribution in [0.25, 0.3) is 6.08 Å². The van der Waals surface area contributed by atoms with Crippen LogP contribution < -0.4 is 4.74 Å². The van der Waals surface area contributed by atoms with Crippen molar-refractivity contribution in [2.75, 3.05) is 14.2 Å². The molecule has 0 heterocycles. The average molecular weight is 361 g/mol. The third kappa shape index (κ3) is 5.14. The van der Waals surface area contributed by atoms with Gasteiger partial charge in [-0.1, -0.05) is 41.6 Å². The zero-order valence-electron chi connectivity index (χ0n) is 14.2. The summed E-state index contributed by atoms with van der Waals surface area (Å²) in [6.45, 7) is 0.119. The van der Waals surface area contributed by atoms with Crippen molar-refractivity contribution in [3.8, 4) is 5.75 Å². The van der Waals surface area contributed by atoms with Crippen LogP contribution >= 0.6 is 0 Å². The molecule has 2 aromatic rings. The minimum absolute atomic E-state index is 0.0136. The largest absolute Gasteiger partial charge is 0.488 e. The Morgan fingerprint density at radius 1 is 1.12 bits per heavy atom. The summed E-state index contributed by atoms with van der Waals surface area (Å²) in [6.07, 6.45) is -1.06. The molecule has 2 rings (SSSR count). The maximum Gasteiger partial charge on any atom is 0.360 e. The third-order valence-electron chi connectivity index (χ3n) is 3.34. The molecular formula is C19H17F2NO4. The molecule has 0 radical (unpaired) electrons. The molecule has 0 saturated heterocycles. The van der Waals surface area contributed by atoms with E-state index in [0.29, 0.717) is 11.3 Å². The Labute approximate surface area is 149 Å². The zero-order valence-corrected chi connectivity index (χ0v) is 14.2. The first-order valence-electron chi connectivity index (χ1n) is 7.58. The predicted molar refractivity (Wildman–Crippen MR) is 93.0 cm³/mol. The van der Waals surface area contributed by atoms with Gasteiger partial charge in [-0.15, -0.1) is 0 Å². The molecule has 0 amide bonds. The fraction of sp³-hybridized carbons (Fsp3) is 0.158. The molecule has 2 aromatic carbocycles. The van der Waals surface area contributed by atoms with E-state index >= 15 is 0 Å². The second kappa shape index (κ2) is 9.31. The Kier molecular flexibility index (Phi) is 6.84. The Balaban J connectivity index is 2.21. The first kappa shape index (κ1) is 19.1. The van der Waals surface area contributed by atoms with Gasteiger partial charge >= 0.3 is 5.97 Å². The van der Waals surface area contributed by atoms with E-state index in [2.05, 4.69) is 14.7 Å². The first-order valence-corrected chi connectivity index (χ1v) is 7.58. The van der Waals surface area contributed by atoms with Gasteiger partial charge in [0, 0.05) is 17.2 Å². The Hall–Kier alpha value is -3.22. The molecule has 0 spiro atoms. The molecule has 0 fully saturated rings. The summed E-state index contributed by atoms with van der Waals surface area (Å²) in [7, 11) is 2.57. The molecule has 0 unspecified atom stereocenters. The normalized spacial score (nSPS) is 10.8. The number of ether oxygens (including phenoxy) is 2. The highest BCUT2D eigenvalue weighted by molar-refractivity contribution is 6.43. The van der Waals surface area contributed by atoms with Gasteiger partial charge in [0.05, 0.1) is 7.11 Å². The molecule has 0 aromatic heterocycles. The van der Waals surface area contributed by atoms with Crippen molar-refractivity contribution < 1.29 is 27.9 Å². The monoisotopic (exact) mass is 361 g/mol. The lowest BCUT2D eigenvalue weighted by atomic mass is 10.1. The van der Waals surface area contributed by atoms with E-state index in [1.807, 2.05) is 0 Å². The fourth-order valence-electron chi connectivity index (χ4n) is 2.21. The molecule has 0 bridgehead atoms. The number of hydrogen-bond donors (Lipinski definition) is 0. The highest BCUT2D eigenvalue weighted by atomic mass is 19.3. The van der Waals surface area contributed by atoms with E-state index in [9.17, 15) is 13.6 Å². The average Bonchev–Trinajstić information content (AvgIpc) is 2.64. The summed E-state index contributed by atoms with van der Waals surface area (Å²) >= 11 is 0. The fourth-order valence-corrected chi connectivity index (χ4v) is 2.21. The predicted octanol–water partition coefficient (Wildman–Crippen LogP) is 4.03. The Bertz CT molecular complexity index is 830. The van der Waals surface area contributed by atoms with Gasteiger partial charge in [-0.2, -0.15) is 8.78 Å². The molecule has 5 nitrogen and oxygen atoms in total. The van der Waals surface area contributed by atoms with Crippen LogP contribution in [0.2, 0.25) is 0 Å². The van der Waals surface area contributed by atoms with E-state index in [4.69, 9.17) is 4.74 Å². The van der Waals surface area contributed by atoms with Crippen LogP contribution in [-0.4, -0.2) is 25.9 Å². The van der Waals surface area contributed by atoms with Crippen molar-refractivity contribution in [1.82, 2.24) is 0 Å². The second-order valence-electron chi connectivity index (χ2n) is 5.07. The number of nitrogens with zero attached hydrogens (tertiary/aromatic N) is 1. The molecule has 0 aliphatic heterocycles. The summed E-state index contributed by atoms with van der Waals surface area (Å²) in [5, 5.41) is 3.68. The molecule has 26 heavy (non-hydrogen) atoms. The Morgan fingerprint density at radius 2 is 1.88 bits per heavy atom. The zero-order chi connectivity index (χ0) is 18.9. The number of para-hydroxylation sites is 1. The van der Waals surface area contributed by atoms with E-state index in [-0.39, 0.29) is 17.9 Å². The Morgan fingerprint density at radius 3 is 2.58 bits per heavy atom. The summed E-state index contributed by atoms with van der Waals surface area (Å²) in [5.41, 5.74) is 1.50. The maximum atomic E-state index is 12.5. The van der Waals surface area contributed by atoms with Gasteiger partial charge in [0.2, 0.25) is 0 Å². The number of carbonyl (C=O) groups excluding carboxylic acids is 1. The standard InChI is InChI=1S/C19H17F2NO4/c1-24-19(23)18(22-25-2)15-8-5-6-13(10-15)12-26-16-9-4-3-7-14(16)11-17(20)21/h3-11H,12H2,1-2H3. The van der Waals surface area contributed by atoms with Crippen LogP contribution in [0.1, 0.15) is 16.7 Å². The minimum atomic E-state index is -1.80. The second-order valence-corrected chi connectivity index (χ2v) is 5.07. The van der Waals surface area contributed by atoms with Gasteiger partial charge in [0.15, 0.2) is 5.71 Å². The van der Waals surface area contributed by atoms with E-state index in [1.165, 1.54) is 20.3 Å². The lowest BCUT2D eigenvalue weighted by Gasteiger charge is -2.10. The van der Waals surface area contributed by atoms with Gasteiger partial charge in [0.1, 0.15) is 19.5 Å². The van der Waals surface area contributed by atoms with Crippen molar-refractivity contribution in [2.24, 2.45) is 5.16 Å². The summed E-state index contributed by atoms with van der Waals surface area (Å²) < 4.78 is 35.4. The maximum absolute atomic E-state index is 12.5. The van der Waals surface area contributed by atoms with Crippen LogP contribution in [0.4, 0.5) is 8.78 Å². The highest BCUT2D eigenvalue weighted by Gasteiger charge is 2.16. The van der Waals surface area contributed by atoms with Crippen molar-refractivity contribution in [2.45, 2.75) is 6.61 Å². The number of carbonyl (C=O) groups is 1. The van der Waals surface area contributed by atoms with Crippen LogP contribution in [-0.2, 0) is 21.0 Å². The third-order valence-corrected chi connectivity index (χ3v) is 3.34. The summed E-state index contributed by atoms with van der Waals surface area (Å²) in [6, 6.07) is 13.3. The van der Waals surface area contributed by atoms with Gasteiger partial charge in [-0.05, 0) is 17.7 Å². The number of rotatable bonds is 7. The smallest absolute Gasteiger partial charge is 0.360 e. The van der Waals surface area contributed by atoms with Gasteiger partial charge in [0.25, 0.3) is 6.08 Å². The van der Waals surface area contributed by atoms with Gasteiger partial charge in [-0.25, -0.2) is 4.79 Å². The molecule has 0 saturated carbocycles. The topological polar surface area (TPSA) is 57.1 Å². The molecular weight excluding hydrogens is 344 g/mol. The first-order chi connectivity index (χ1) is 12.5. The van der Waals surface area contributed by atoms with Crippen molar-refractivity contribution in [1.29, 1.82) is 0 Å². The van der Waals surface area contributed by atoms with Gasteiger partial charge in [-0.3, -0.25) is 0 Å². The molecule has 136 valence electrons. The summed E-state index contributed by atoms with van der Waals surface area (Å²) in [4.78, 5) is 16.5. The lowest BCUT2D eigenvalue weighted by Crippen LogP contribution is -2.17. The van der Waals surface area contributed by atoms with Crippen molar-refractivity contribution in [3.63, 3.8) is 0 Å². The molecule has 0 aliphatic carbocycles. The highest BCUT2D eigenvalue weighted by Crippen LogP contribution is 2.23. The van der Waals surface area contributed by atoms with Crippen LogP contribution in [0.3, 0.4) is 0 Å². The van der Waals surface area contributed by atoms with Gasteiger partial charge < -0.3 is 14.3 Å². The minimum Gasteiger partial charge on any atom is -0.488 e. The van der Waals surface area contributed by atoms with Crippen LogP contribution in [0, 0.1) is 0 Å². The van der Waals surface area contributed by atoms with E-state index < -0.39 is 12.0 Å².